The molecule has 0 unspecified atom stereocenters. The zero-order chi connectivity index (χ0) is 15.2. The number of nitro groups is 1. The molecule has 0 atom stereocenters. The minimum Gasteiger partial charge on any atom is -0.387 e. The molecule has 7 heteroatoms. The number of amides is 1. The Labute approximate surface area is 121 Å². The normalized spacial score (nSPS) is 9.95. The van der Waals surface area contributed by atoms with Gasteiger partial charge in [-0.1, -0.05) is 12.1 Å². The predicted octanol–water partition coefficient (Wildman–Crippen LogP) is 1.96. The summed E-state index contributed by atoms with van der Waals surface area (Å²) in [6.07, 6.45) is 3.08. The summed E-state index contributed by atoms with van der Waals surface area (Å²) in [5.41, 5.74) is 1.94. The monoisotopic (exact) mass is 286 g/mol. The van der Waals surface area contributed by atoms with E-state index in [2.05, 4.69) is 15.6 Å². The molecule has 0 aliphatic carbocycles. The van der Waals surface area contributed by atoms with Gasteiger partial charge in [-0.05, 0) is 11.6 Å². The van der Waals surface area contributed by atoms with Crippen molar-refractivity contribution in [2.45, 2.75) is 6.54 Å². The minimum absolute atomic E-state index is 0.0230. The maximum absolute atomic E-state index is 12.1. The predicted molar refractivity (Wildman–Crippen MR) is 78.1 cm³/mol. The number of nitro benzene ring substituents is 1. The Kier molecular flexibility index (Phi) is 4.45. The zero-order valence-electron chi connectivity index (χ0n) is 11.4. The lowest BCUT2D eigenvalue weighted by atomic mass is 10.2. The van der Waals surface area contributed by atoms with Gasteiger partial charge in [-0.3, -0.25) is 19.9 Å². The molecule has 1 aromatic heterocycles. The topological polar surface area (TPSA) is 97.2 Å². The van der Waals surface area contributed by atoms with E-state index in [1.165, 1.54) is 18.3 Å². The van der Waals surface area contributed by atoms with Crippen molar-refractivity contribution < 1.29 is 9.72 Å². The highest BCUT2D eigenvalue weighted by atomic mass is 16.6. The Balaban J connectivity index is 2.02. The van der Waals surface area contributed by atoms with E-state index in [0.29, 0.717) is 11.3 Å². The summed E-state index contributed by atoms with van der Waals surface area (Å²) in [6, 6.07) is 7.75. The third-order valence-corrected chi connectivity index (χ3v) is 2.94. The van der Waals surface area contributed by atoms with E-state index in [1.807, 2.05) is 0 Å². The molecule has 1 aromatic carbocycles. The van der Waals surface area contributed by atoms with Crippen LogP contribution in [0.5, 0.6) is 0 Å². The van der Waals surface area contributed by atoms with E-state index in [4.69, 9.17) is 0 Å². The molecule has 2 aromatic rings. The summed E-state index contributed by atoms with van der Waals surface area (Å²) < 4.78 is 0. The Hall–Kier alpha value is -2.96. The lowest BCUT2D eigenvalue weighted by Gasteiger charge is -2.09. The van der Waals surface area contributed by atoms with Gasteiger partial charge in [0, 0.05) is 43.8 Å². The van der Waals surface area contributed by atoms with Crippen LogP contribution in [-0.2, 0) is 6.54 Å². The fraction of sp³-hybridized carbons (Fsp3) is 0.143. The molecule has 0 saturated carbocycles. The molecular weight excluding hydrogens is 272 g/mol. The highest BCUT2D eigenvalue weighted by Crippen LogP contribution is 2.14. The van der Waals surface area contributed by atoms with E-state index < -0.39 is 4.92 Å². The van der Waals surface area contributed by atoms with Crippen molar-refractivity contribution in [2.75, 3.05) is 12.4 Å². The number of hydrogen-bond donors (Lipinski definition) is 2. The number of nitrogens with one attached hydrogen (secondary N) is 2. The van der Waals surface area contributed by atoms with Crippen molar-refractivity contribution in [1.82, 2.24) is 10.3 Å². The number of aromatic nitrogens is 1. The quantitative estimate of drug-likeness (QED) is 0.647. The second kappa shape index (κ2) is 6.47. The van der Waals surface area contributed by atoms with Gasteiger partial charge < -0.3 is 10.6 Å². The summed E-state index contributed by atoms with van der Waals surface area (Å²) in [5, 5.41) is 16.2. The van der Waals surface area contributed by atoms with Gasteiger partial charge in [0.2, 0.25) is 0 Å². The van der Waals surface area contributed by atoms with Crippen LogP contribution in [0.1, 0.15) is 15.9 Å². The number of hydrogen-bond acceptors (Lipinski definition) is 5. The fourth-order valence-corrected chi connectivity index (χ4v) is 1.81. The molecule has 0 saturated heterocycles. The van der Waals surface area contributed by atoms with Crippen molar-refractivity contribution >= 4 is 17.3 Å². The molecule has 0 spiro atoms. The SMILES string of the molecule is CNc1ccncc1C(=O)NCc1ccc([N+](=O)[O-])cc1. The maximum atomic E-state index is 12.1. The number of carbonyl (C=O) groups excluding carboxylic acids is 1. The van der Waals surface area contributed by atoms with Crippen LogP contribution in [0.25, 0.3) is 0 Å². The van der Waals surface area contributed by atoms with E-state index in [0.717, 1.165) is 5.56 Å². The molecule has 2 N–H and O–H groups in total. The van der Waals surface area contributed by atoms with Gasteiger partial charge in [-0.2, -0.15) is 0 Å². The third kappa shape index (κ3) is 3.53. The van der Waals surface area contributed by atoms with Crippen LogP contribution in [0.3, 0.4) is 0 Å². The second-order valence-electron chi connectivity index (χ2n) is 4.28. The van der Waals surface area contributed by atoms with Crippen LogP contribution in [0.2, 0.25) is 0 Å². The van der Waals surface area contributed by atoms with Gasteiger partial charge in [0.15, 0.2) is 0 Å². The molecule has 108 valence electrons. The molecule has 2 rings (SSSR count). The first-order valence-corrected chi connectivity index (χ1v) is 6.25. The summed E-state index contributed by atoms with van der Waals surface area (Å²) in [6.45, 7) is 0.287. The average molecular weight is 286 g/mol. The van der Waals surface area contributed by atoms with Crippen LogP contribution >= 0.6 is 0 Å². The molecule has 1 amide bonds. The van der Waals surface area contributed by atoms with Crippen molar-refractivity contribution in [1.29, 1.82) is 0 Å². The van der Waals surface area contributed by atoms with Gasteiger partial charge in [-0.25, -0.2) is 0 Å². The van der Waals surface area contributed by atoms with Crippen molar-refractivity contribution in [3.05, 3.63) is 64.0 Å². The second-order valence-corrected chi connectivity index (χ2v) is 4.28. The smallest absolute Gasteiger partial charge is 0.269 e. The number of non-ortho nitro benzene ring substituents is 1. The minimum atomic E-state index is -0.461. The van der Waals surface area contributed by atoms with Crippen LogP contribution in [0.15, 0.2) is 42.7 Å². The Bertz CT molecular complexity index is 656. The largest absolute Gasteiger partial charge is 0.387 e. The molecule has 0 fully saturated rings. The first kappa shape index (κ1) is 14.4. The van der Waals surface area contributed by atoms with Crippen LogP contribution in [0.4, 0.5) is 11.4 Å². The Morgan fingerprint density at radius 2 is 2.00 bits per heavy atom. The molecule has 0 aliphatic heterocycles. The fourth-order valence-electron chi connectivity index (χ4n) is 1.81. The molecule has 21 heavy (non-hydrogen) atoms. The molecule has 0 aliphatic rings. The number of pyridine rings is 1. The highest BCUT2D eigenvalue weighted by Gasteiger charge is 2.10. The van der Waals surface area contributed by atoms with Crippen molar-refractivity contribution in [2.24, 2.45) is 0 Å². The highest BCUT2D eigenvalue weighted by molar-refractivity contribution is 5.99. The maximum Gasteiger partial charge on any atom is 0.269 e. The van der Waals surface area contributed by atoms with E-state index in [1.54, 1.807) is 31.4 Å². The van der Waals surface area contributed by atoms with Crippen LogP contribution < -0.4 is 10.6 Å². The van der Waals surface area contributed by atoms with Crippen LogP contribution in [0, 0.1) is 10.1 Å². The number of anilines is 1. The van der Waals surface area contributed by atoms with Gasteiger partial charge in [0.05, 0.1) is 10.5 Å². The number of rotatable bonds is 5. The summed E-state index contributed by atoms with van der Waals surface area (Å²) in [4.78, 5) is 26.1. The molecule has 0 radical (unpaired) electrons. The van der Waals surface area contributed by atoms with Crippen LogP contribution in [-0.4, -0.2) is 22.9 Å². The number of carbonyl (C=O) groups is 1. The lowest BCUT2D eigenvalue weighted by molar-refractivity contribution is -0.384. The molecule has 7 nitrogen and oxygen atoms in total. The Morgan fingerprint density at radius 3 is 2.62 bits per heavy atom. The first-order valence-electron chi connectivity index (χ1n) is 6.25. The Morgan fingerprint density at radius 1 is 1.29 bits per heavy atom. The van der Waals surface area contributed by atoms with Gasteiger partial charge in [-0.15, -0.1) is 0 Å². The third-order valence-electron chi connectivity index (χ3n) is 2.94. The van der Waals surface area contributed by atoms with Crippen molar-refractivity contribution in [3.8, 4) is 0 Å². The molecule has 1 heterocycles. The van der Waals surface area contributed by atoms with E-state index >= 15 is 0 Å². The summed E-state index contributed by atoms with van der Waals surface area (Å²) >= 11 is 0. The van der Waals surface area contributed by atoms with Gasteiger partial charge in [0.25, 0.3) is 11.6 Å². The summed E-state index contributed by atoms with van der Waals surface area (Å²) in [5.74, 6) is -0.259. The summed E-state index contributed by atoms with van der Waals surface area (Å²) in [7, 11) is 1.72. The standard InChI is InChI=1S/C14H14N4O3/c1-15-13-6-7-16-9-12(13)14(19)17-8-10-2-4-11(5-3-10)18(20)21/h2-7,9H,8H2,1H3,(H,15,16)(H,17,19). The van der Waals surface area contributed by atoms with Gasteiger partial charge in [0.1, 0.15) is 0 Å². The first-order chi connectivity index (χ1) is 10.1. The van der Waals surface area contributed by atoms with Gasteiger partial charge >= 0.3 is 0 Å². The molecular formula is C14H14N4O3. The average Bonchev–Trinajstić information content (AvgIpc) is 2.52. The zero-order valence-corrected chi connectivity index (χ0v) is 11.4. The number of nitrogens with zero attached hydrogens (tertiary/aromatic N) is 2. The molecule has 0 bridgehead atoms. The van der Waals surface area contributed by atoms with E-state index in [9.17, 15) is 14.9 Å². The van der Waals surface area contributed by atoms with Crippen molar-refractivity contribution in [3.63, 3.8) is 0 Å². The lowest BCUT2D eigenvalue weighted by Crippen LogP contribution is -2.23. The number of benzene rings is 1. The van der Waals surface area contributed by atoms with E-state index in [-0.39, 0.29) is 18.1 Å².